The van der Waals surface area contributed by atoms with Crippen molar-refractivity contribution >= 4 is 17.5 Å². The number of rotatable bonds is 7. The van der Waals surface area contributed by atoms with Crippen LogP contribution >= 0.6 is 11.6 Å². The van der Waals surface area contributed by atoms with Crippen LogP contribution in [0.15, 0.2) is 30.3 Å². The van der Waals surface area contributed by atoms with Gasteiger partial charge in [-0.3, -0.25) is 4.79 Å². The van der Waals surface area contributed by atoms with Crippen LogP contribution in [0, 0.1) is 20.8 Å². The van der Waals surface area contributed by atoms with Crippen molar-refractivity contribution in [1.29, 1.82) is 0 Å². The molecule has 0 spiro atoms. The molecule has 0 bridgehead atoms. The molecule has 0 radical (unpaired) electrons. The highest BCUT2D eigenvalue weighted by Crippen LogP contribution is 2.26. The lowest BCUT2D eigenvalue weighted by molar-refractivity contribution is -0.123. The van der Waals surface area contributed by atoms with Gasteiger partial charge in [0, 0.05) is 5.02 Å². The predicted molar refractivity (Wildman–Crippen MR) is 105 cm³/mol. The topological polar surface area (TPSA) is 47.6 Å². The van der Waals surface area contributed by atoms with Crippen LogP contribution in [0.25, 0.3) is 0 Å². The molecule has 4 nitrogen and oxygen atoms in total. The lowest BCUT2D eigenvalue weighted by Gasteiger charge is -2.19. The van der Waals surface area contributed by atoms with Crippen molar-refractivity contribution in [2.45, 2.75) is 40.2 Å². The summed E-state index contributed by atoms with van der Waals surface area (Å²) in [6.07, 6.45) is 0.788. The molecule has 1 amide bonds. The van der Waals surface area contributed by atoms with Gasteiger partial charge in [0.15, 0.2) is 6.61 Å². The molecule has 0 aliphatic rings. The maximum Gasteiger partial charge on any atom is 0.258 e. The first-order valence-electron chi connectivity index (χ1n) is 8.69. The number of amides is 1. The van der Waals surface area contributed by atoms with Crippen molar-refractivity contribution in [2.75, 3.05) is 13.7 Å². The molecule has 26 heavy (non-hydrogen) atoms. The molecule has 0 aromatic heterocycles. The molecule has 140 valence electrons. The Morgan fingerprint density at radius 1 is 1.12 bits per heavy atom. The largest absolute Gasteiger partial charge is 0.496 e. The van der Waals surface area contributed by atoms with E-state index in [0.29, 0.717) is 5.75 Å². The predicted octanol–water partition coefficient (Wildman–Crippen LogP) is 4.92. The number of nitrogens with one attached hydrogen (secondary N) is 1. The monoisotopic (exact) mass is 375 g/mol. The van der Waals surface area contributed by atoms with Crippen LogP contribution < -0.4 is 14.8 Å². The minimum atomic E-state index is -0.157. The van der Waals surface area contributed by atoms with Crippen molar-refractivity contribution in [2.24, 2.45) is 0 Å². The molecule has 0 saturated heterocycles. The Bertz CT molecular complexity index is 766. The molecular weight excluding hydrogens is 350 g/mol. The van der Waals surface area contributed by atoms with Gasteiger partial charge in [0.1, 0.15) is 11.5 Å². The third-order valence-corrected chi connectivity index (χ3v) is 4.94. The number of carbonyl (C=O) groups is 1. The second kappa shape index (κ2) is 8.95. The smallest absolute Gasteiger partial charge is 0.258 e. The second-order valence-corrected chi connectivity index (χ2v) is 6.80. The summed E-state index contributed by atoms with van der Waals surface area (Å²) in [5.41, 5.74) is 3.96. The van der Waals surface area contributed by atoms with Gasteiger partial charge in [-0.25, -0.2) is 0 Å². The minimum absolute atomic E-state index is 0.0356. The molecule has 0 fully saturated rings. The average Bonchev–Trinajstić information content (AvgIpc) is 2.62. The van der Waals surface area contributed by atoms with E-state index in [0.717, 1.165) is 39.4 Å². The average molecular weight is 376 g/mol. The molecule has 0 aliphatic heterocycles. The van der Waals surface area contributed by atoms with Gasteiger partial charge in [0.05, 0.1) is 13.2 Å². The van der Waals surface area contributed by atoms with E-state index in [2.05, 4.69) is 5.32 Å². The van der Waals surface area contributed by atoms with E-state index in [-0.39, 0.29) is 18.6 Å². The Labute approximate surface area is 160 Å². The van der Waals surface area contributed by atoms with Gasteiger partial charge in [-0.2, -0.15) is 0 Å². The minimum Gasteiger partial charge on any atom is -0.496 e. The van der Waals surface area contributed by atoms with E-state index in [1.165, 1.54) is 0 Å². The highest BCUT2D eigenvalue weighted by atomic mass is 35.5. The van der Waals surface area contributed by atoms with Crippen molar-refractivity contribution < 1.29 is 14.3 Å². The summed E-state index contributed by atoms with van der Waals surface area (Å²) < 4.78 is 10.9. The van der Waals surface area contributed by atoms with Crippen LogP contribution in [-0.2, 0) is 4.79 Å². The fourth-order valence-corrected chi connectivity index (χ4v) is 3.02. The maximum absolute atomic E-state index is 12.3. The first-order valence-corrected chi connectivity index (χ1v) is 9.07. The lowest BCUT2D eigenvalue weighted by Crippen LogP contribution is -2.32. The van der Waals surface area contributed by atoms with Gasteiger partial charge in [0.25, 0.3) is 5.91 Å². The van der Waals surface area contributed by atoms with Crippen molar-refractivity contribution in [3.63, 3.8) is 0 Å². The molecule has 1 atom stereocenters. The van der Waals surface area contributed by atoms with Crippen molar-refractivity contribution in [3.05, 3.63) is 57.6 Å². The zero-order valence-electron chi connectivity index (χ0n) is 16.0. The van der Waals surface area contributed by atoms with Crippen LogP contribution in [0.1, 0.15) is 41.6 Å². The molecular formula is C21H26ClNO3. The summed E-state index contributed by atoms with van der Waals surface area (Å²) in [5, 5.41) is 3.75. The number of aryl methyl sites for hydroxylation is 3. The first-order chi connectivity index (χ1) is 12.3. The molecule has 0 aliphatic carbocycles. The van der Waals surface area contributed by atoms with Crippen LogP contribution in [0.5, 0.6) is 11.5 Å². The third kappa shape index (κ3) is 4.92. The van der Waals surface area contributed by atoms with Crippen LogP contribution in [0.2, 0.25) is 5.02 Å². The Morgan fingerprint density at radius 2 is 1.77 bits per heavy atom. The normalized spacial score (nSPS) is 11.8. The zero-order chi connectivity index (χ0) is 19.3. The summed E-state index contributed by atoms with van der Waals surface area (Å²) in [5.74, 6) is 1.33. The molecule has 2 aromatic rings. The van der Waals surface area contributed by atoms with Gasteiger partial charge in [0.2, 0.25) is 0 Å². The highest BCUT2D eigenvalue weighted by molar-refractivity contribution is 6.32. The number of halogens is 1. The fourth-order valence-electron chi connectivity index (χ4n) is 2.91. The lowest BCUT2D eigenvalue weighted by atomic mass is 10.0. The third-order valence-electron chi connectivity index (χ3n) is 4.34. The van der Waals surface area contributed by atoms with Crippen LogP contribution in [-0.4, -0.2) is 19.6 Å². The summed E-state index contributed by atoms with van der Waals surface area (Å²) >= 11 is 6.16. The molecule has 1 N–H and O–H groups in total. The quantitative estimate of drug-likeness (QED) is 0.747. The zero-order valence-corrected chi connectivity index (χ0v) is 16.7. The Balaban J connectivity index is 2.00. The summed E-state index contributed by atoms with van der Waals surface area (Å²) in [4.78, 5) is 12.3. The van der Waals surface area contributed by atoms with Crippen LogP contribution in [0.4, 0.5) is 0 Å². The van der Waals surface area contributed by atoms with Gasteiger partial charge in [-0.05, 0) is 67.6 Å². The Morgan fingerprint density at radius 3 is 2.31 bits per heavy atom. The van der Waals surface area contributed by atoms with Gasteiger partial charge < -0.3 is 14.8 Å². The summed E-state index contributed by atoms with van der Waals surface area (Å²) in [6.45, 7) is 7.83. The van der Waals surface area contributed by atoms with Gasteiger partial charge in [-0.15, -0.1) is 0 Å². The van der Waals surface area contributed by atoms with E-state index < -0.39 is 0 Å². The second-order valence-electron chi connectivity index (χ2n) is 6.42. The van der Waals surface area contributed by atoms with E-state index in [9.17, 15) is 4.79 Å². The van der Waals surface area contributed by atoms with E-state index >= 15 is 0 Å². The number of hydrogen-bond donors (Lipinski definition) is 1. The molecule has 0 heterocycles. The standard InChI is InChI=1S/C21H26ClNO3/c1-6-18(16-7-8-19(25-5)13(2)9-16)23-20(24)12-26-17-10-14(3)21(22)15(4)11-17/h7-11,18H,6,12H2,1-5H3,(H,23,24)/t18-/m0/s1. The molecule has 0 saturated carbocycles. The SMILES string of the molecule is CC[C@H](NC(=O)COc1cc(C)c(Cl)c(C)c1)c1ccc(OC)c(C)c1. The number of benzene rings is 2. The number of ether oxygens (including phenoxy) is 2. The van der Waals surface area contributed by atoms with Gasteiger partial charge in [-0.1, -0.05) is 30.7 Å². The number of hydrogen-bond acceptors (Lipinski definition) is 3. The number of methoxy groups -OCH3 is 1. The van der Waals surface area contributed by atoms with Crippen LogP contribution in [0.3, 0.4) is 0 Å². The summed E-state index contributed by atoms with van der Waals surface area (Å²) in [6, 6.07) is 9.56. The molecule has 5 heteroatoms. The fraction of sp³-hybridized carbons (Fsp3) is 0.381. The van der Waals surface area contributed by atoms with Gasteiger partial charge >= 0.3 is 0 Å². The van der Waals surface area contributed by atoms with Crippen molar-refractivity contribution in [3.8, 4) is 11.5 Å². The molecule has 2 rings (SSSR count). The van der Waals surface area contributed by atoms with E-state index in [4.69, 9.17) is 21.1 Å². The maximum atomic E-state index is 12.3. The van der Waals surface area contributed by atoms with E-state index in [1.54, 1.807) is 7.11 Å². The Hall–Kier alpha value is -2.20. The van der Waals surface area contributed by atoms with Crippen molar-refractivity contribution in [1.82, 2.24) is 5.32 Å². The Kier molecular flexibility index (Phi) is 6.92. The summed E-state index contributed by atoms with van der Waals surface area (Å²) in [7, 11) is 1.65. The number of carbonyl (C=O) groups excluding carboxylic acids is 1. The first kappa shape index (κ1) is 20.1. The molecule has 2 aromatic carbocycles. The highest BCUT2D eigenvalue weighted by Gasteiger charge is 2.15. The molecule has 0 unspecified atom stereocenters. The van der Waals surface area contributed by atoms with E-state index in [1.807, 2.05) is 58.0 Å².